The Hall–Kier alpha value is -2.16. The van der Waals surface area contributed by atoms with Crippen molar-refractivity contribution in [3.63, 3.8) is 0 Å². The molecule has 0 amide bonds. The molecule has 0 bridgehead atoms. The van der Waals surface area contributed by atoms with Crippen LogP contribution >= 0.6 is 0 Å². The highest BCUT2D eigenvalue weighted by Crippen LogP contribution is 2.29. The van der Waals surface area contributed by atoms with Crippen molar-refractivity contribution >= 4 is 0 Å². The first-order chi connectivity index (χ1) is 13.7. The molecule has 0 N–H and O–H groups in total. The molecule has 148 valence electrons. The van der Waals surface area contributed by atoms with Gasteiger partial charge in [-0.15, -0.1) is 5.10 Å². The van der Waals surface area contributed by atoms with Gasteiger partial charge in [0.05, 0.1) is 25.4 Å². The summed E-state index contributed by atoms with van der Waals surface area (Å²) in [6, 6.07) is 6.34. The minimum absolute atomic E-state index is 0.264. The Morgan fingerprint density at radius 3 is 2.89 bits per heavy atom. The Morgan fingerprint density at radius 2 is 2.14 bits per heavy atom. The fourth-order valence-corrected chi connectivity index (χ4v) is 3.78. The fourth-order valence-electron chi connectivity index (χ4n) is 3.78. The smallest absolute Gasteiger partial charge is 0.113 e. The molecule has 1 saturated heterocycles. The second kappa shape index (κ2) is 8.89. The predicted molar refractivity (Wildman–Crippen MR) is 111 cm³/mol. The molecule has 28 heavy (non-hydrogen) atoms. The third-order valence-electron chi connectivity index (χ3n) is 5.55. The van der Waals surface area contributed by atoms with Gasteiger partial charge < -0.3 is 4.74 Å². The number of ether oxygens (including phenoxy) is 1. The molecular formula is C23H30N4O. The van der Waals surface area contributed by atoms with Gasteiger partial charge in [0, 0.05) is 24.3 Å². The molecule has 2 heterocycles. The zero-order valence-corrected chi connectivity index (χ0v) is 17.0. The first kappa shape index (κ1) is 19.2. The van der Waals surface area contributed by atoms with Gasteiger partial charge in [-0.05, 0) is 69.7 Å². The van der Waals surface area contributed by atoms with Crippen molar-refractivity contribution in [2.75, 3.05) is 26.7 Å². The van der Waals surface area contributed by atoms with Crippen molar-refractivity contribution in [1.29, 1.82) is 0 Å². The van der Waals surface area contributed by atoms with Crippen LogP contribution < -0.4 is 0 Å². The van der Waals surface area contributed by atoms with E-state index in [1.807, 2.05) is 10.9 Å². The molecule has 2 aromatic rings. The zero-order valence-electron chi connectivity index (χ0n) is 17.0. The number of nitrogens with zero attached hydrogens (tertiary/aromatic N) is 4. The highest BCUT2D eigenvalue weighted by atomic mass is 16.5. The molecule has 0 spiro atoms. The standard InChI is InChI=1S/C23H30N4O/c1-18-14-19(6-5-12-26(2)15-20-8-9-20)10-11-22(18)23-17-27(25-24-23)16-21-7-3-4-13-28-21/h10-11,14,17,20-21H,3-4,7-9,12-13,15-16H2,1-2H3. The molecule has 1 atom stereocenters. The first-order valence-corrected chi connectivity index (χ1v) is 10.5. The summed E-state index contributed by atoms with van der Waals surface area (Å²) in [5.41, 5.74) is 4.27. The summed E-state index contributed by atoms with van der Waals surface area (Å²) >= 11 is 0. The molecule has 1 aliphatic heterocycles. The van der Waals surface area contributed by atoms with Crippen molar-refractivity contribution in [2.45, 2.75) is 51.7 Å². The van der Waals surface area contributed by atoms with E-state index >= 15 is 0 Å². The van der Waals surface area contributed by atoms with Gasteiger partial charge in [-0.25, -0.2) is 4.68 Å². The van der Waals surface area contributed by atoms with Crippen molar-refractivity contribution in [3.8, 4) is 23.1 Å². The molecule has 5 heteroatoms. The third kappa shape index (κ3) is 5.21. The molecule has 4 rings (SSSR count). The number of aromatic nitrogens is 3. The lowest BCUT2D eigenvalue weighted by Crippen LogP contribution is -2.24. The average molecular weight is 379 g/mol. The van der Waals surface area contributed by atoms with E-state index in [2.05, 4.69) is 59.2 Å². The minimum atomic E-state index is 0.264. The Morgan fingerprint density at radius 1 is 1.25 bits per heavy atom. The van der Waals surface area contributed by atoms with E-state index in [9.17, 15) is 0 Å². The number of hydrogen-bond donors (Lipinski definition) is 0. The van der Waals surface area contributed by atoms with Gasteiger partial charge in [0.15, 0.2) is 0 Å². The van der Waals surface area contributed by atoms with E-state index < -0.39 is 0 Å². The van der Waals surface area contributed by atoms with Crippen LogP contribution in [0.4, 0.5) is 0 Å². The Balaban J connectivity index is 1.37. The fraction of sp³-hybridized carbons (Fsp3) is 0.565. The monoisotopic (exact) mass is 378 g/mol. The predicted octanol–water partition coefficient (Wildman–Crippen LogP) is 3.52. The Kier molecular flexibility index (Phi) is 6.09. The molecular weight excluding hydrogens is 348 g/mol. The van der Waals surface area contributed by atoms with Crippen LogP contribution in [0.3, 0.4) is 0 Å². The summed E-state index contributed by atoms with van der Waals surface area (Å²) < 4.78 is 7.72. The number of rotatable bonds is 6. The van der Waals surface area contributed by atoms with Crippen LogP contribution in [0.2, 0.25) is 0 Å². The maximum atomic E-state index is 5.81. The van der Waals surface area contributed by atoms with Gasteiger partial charge in [-0.2, -0.15) is 0 Å². The summed E-state index contributed by atoms with van der Waals surface area (Å²) in [7, 11) is 2.16. The number of benzene rings is 1. The second-order valence-electron chi connectivity index (χ2n) is 8.29. The Labute approximate surface area is 168 Å². The number of hydrogen-bond acceptors (Lipinski definition) is 4. The van der Waals surface area contributed by atoms with Gasteiger partial charge in [0.25, 0.3) is 0 Å². The summed E-state index contributed by atoms with van der Waals surface area (Å²) in [4.78, 5) is 2.32. The summed E-state index contributed by atoms with van der Waals surface area (Å²) in [6.07, 6.45) is 8.58. The second-order valence-corrected chi connectivity index (χ2v) is 8.29. The molecule has 1 unspecified atom stereocenters. The highest BCUT2D eigenvalue weighted by molar-refractivity contribution is 5.64. The van der Waals surface area contributed by atoms with Gasteiger partial charge in [-0.1, -0.05) is 23.1 Å². The van der Waals surface area contributed by atoms with Crippen molar-refractivity contribution in [2.24, 2.45) is 5.92 Å². The van der Waals surface area contributed by atoms with E-state index in [0.717, 1.165) is 48.9 Å². The lowest BCUT2D eigenvalue weighted by molar-refractivity contribution is 0.00370. The van der Waals surface area contributed by atoms with Crippen molar-refractivity contribution < 1.29 is 4.74 Å². The topological polar surface area (TPSA) is 43.2 Å². The van der Waals surface area contributed by atoms with Gasteiger partial charge >= 0.3 is 0 Å². The van der Waals surface area contributed by atoms with Crippen molar-refractivity contribution in [3.05, 3.63) is 35.5 Å². The molecule has 1 aromatic heterocycles. The van der Waals surface area contributed by atoms with E-state index in [1.165, 1.54) is 37.8 Å². The lowest BCUT2D eigenvalue weighted by atomic mass is 10.0. The molecule has 1 aromatic carbocycles. The normalized spacial score (nSPS) is 19.5. The summed E-state index contributed by atoms with van der Waals surface area (Å²) in [6.45, 7) is 5.76. The largest absolute Gasteiger partial charge is 0.376 e. The quantitative estimate of drug-likeness (QED) is 0.722. The van der Waals surface area contributed by atoms with Crippen LogP contribution in [-0.2, 0) is 11.3 Å². The van der Waals surface area contributed by atoms with E-state index in [1.54, 1.807) is 0 Å². The van der Waals surface area contributed by atoms with Crippen LogP contribution in [-0.4, -0.2) is 52.7 Å². The van der Waals surface area contributed by atoms with Crippen LogP contribution in [0.25, 0.3) is 11.3 Å². The SMILES string of the molecule is Cc1cc(C#CCN(C)CC2CC2)ccc1-c1cn(CC2CCCCO2)nn1. The lowest BCUT2D eigenvalue weighted by Gasteiger charge is -2.21. The van der Waals surface area contributed by atoms with Gasteiger partial charge in [0.2, 0.25) is 0 Å². The van der Waals surface area contributed by atoms with E-state index in [-0.39, 0.29) is 6.10 Å². The molecule has 2 fully saturated rings. The van der Waals surface area contributed by atoms with E-state index in [0.29, 0.717) is 0 Å². The number of aryl methyl sites for hydroxylation is 1. The average Bonchev–Trinajstić information content (AvgIpc) is 3.38. The van der Waals surface area contributed by atoms with Gasteiger partial charge in [0.1, 0.15) is 5.69 Å². The Bertz CT molecular complexity index is 853. The molecule has 0 radical (unpaired) electrons. The summed E-state index contributed by atoms with van der Waals surface area (Å²) in [5, 5.41) is 8.68. The maximum absolute atomic E-state index is 5.81. The zero-order chi connectivity index (χ0) is 19.3. The van der Waals surface area contributed by atoms with E-state index in [4.69, 9.17) is 4.74 Å². The van der Waals surface area contributed by atoms with Crippen LogP contribution in [0.15, 0.2) is 24.4 Å². The minimum Gasteiger partial charge on any atom is -0.376 e. The van der Waals surface area contributed by atoms with Crippen LogP contribution in [0.1, 0.15) is 43.2 Å². The molecule has 1 aliphatic carbocycles. The highest BCUT2D eigenvalue weighted by Gasteiger charge is 2.22. The summed E-state index contributed by atoms with van der Waals surface area (Å²) in [5.74, 6) is 7.51. The van der Waals surface area contributed by atoms with Crippen molar-refractivity contribution in [1.82, 2.24) is 19.9 Å². The molecule has 5 nitrogen and oxygen atoms in total. The van der Waals surface area contributed by atoms with Gasteiger partial charge in [-0.3, -0.25) is 4.90 Å². The third-order valence-corrected chi connectivity index (χ3v) is 5.55. The first-order valence-electron chi connectivity index (χ1n) is 10.5. The van der Waals surface area contributed by atoms with Crippen LogP contribution in [0, 0.1) is 24.7 Å². The maximum Gasteiger partial charge on any atom is 0.113 e. The molecule has 2 aliphatic rings. The van der Waals surface area contributed by atoms with Crippen LogP contribution in [0.5, 0.6) is 0 Å². The molecule has 1 saturated carbocycles.